The number of carbonyl (C=O) groups is 1. The van der Waals surface area contributed by atoms with E-state index in [0.717, 1.165) is 63.1 Å². The maximum atomic E-state index is 13.4. The molecule has 1 unspecified atom stereocenters. The fraction of sp³-hybridized carbons (Fsp3) is 0.433. The average Bonchev–Trinajstić information content (AvgIpc) is 3.38. The number of aromatic nitrogens is 1. The van der Waals surface area contributed by atoms with Crippen LogP contribution in [0.4, 0.5) is 18.9 Å². The van der Waals surface area contributed by atoms with Crippen molar-refractivity contribution in [1.82, 2.24) is 14.8 Å². The molecule has 0 spiro atoms. The lowest BCUT2D eigenvalue weighted by atomic mass is 9.87. The van der Waals surface area contributed by atoms with Gasteiger partial charge in [-0.15, -0.1) is 0 Å². The molecule has 4 N–H and O–H groups in total. The zero-order chi connectivity index (χ0) is 27.5. The van der Waals surface area contributed by atoms with Gasteiger partial charge in [0, 0.05) is 61.6 Å². The lowest BCUT2D eigenvalue weighted by molar-refractivity contribution is -0.127. The molecule has 6 nitrogen and oxygen atoms in total. The van der Waals surface area contributed by atoms with Gasteiger partial charge in [0.2, 0.25) is 5.91 Å². The number of amides is 1. The second-order valence-corrected chi connectivity index (χ2v) is 10.8. The van der Waals surface area contributed by atoms with E-state index in [1.54, 1.807) is 4.90 Å². The van der Waals surface area contributed by atoms with Crippen molar-refractivity contribution in [3.63, 3.8) is 0 Å². The summed E-state index contributed by atoms with van der Waals surface area (Å²) in [5.41, 5.74) is 10.4. The van der Waals surface area contributed by atoms with Gasteiger partial charge in [0.1, 0.15) is 0 Å². The molecule has 3 aromatic rings. The molecule has 208 valence electrons. The van der Waals surface area contributed by atoms with Gasteiger partial charge in [-0.1, -0.05) is 0 Å². The highest BCUT2D eigenvalue weighted by molar-refractivity contribution is 5.91. The molecule has 9 heteroatoms. The molecule has 5 rings (SSSR count). The summed E-state index contributed by atoms with van der Waals surface area (Å²) in [7, 11) is 1.94. The Kier molecular flexibility index (Phi) is 8.28. The van der Waals surface area contributed by atoms with Crippen LogP contribution in [0.1, 0.15) is 42.7 Å². The molecule has 39 heavy (non-hydrogen) atoms. The van der Waals surface area contributed by atoms with Crippen LogP contribution in [0.15, 0.2) is 42.6 Å². The summed E-state index contributed by atoms with van der Waals surface area (Å²) in [6.07, 6.45) is 8.60. The van der Waals surface area contributed by atoms with Gasteiger partial charge in [-0.3, -0.25) is 4.79 Å². The molecular weight excluding hydrogens is 503 g/mol. The molecule has 1 atom stereocenters. The molecule has 0 bridgehead atoms. The lowest BCUT2D eigenvalue weighted by Crippen LogP contribution is -2.48. The minimum absolute atomic E-state index is 0.0470. The Balaban J connectivity index is 1.08. The molecule has 2 aliphatic heterocycles. The molecule has 2 fully saturated rings. The standard InChI is InChI=1S/C30H36F3N5O/c1-35-22-3-4-28-23(16-22)24(17-36-28)20-6-10-37(11-7-20)18-27(34)21-8-12-38(13-9-21)29(39)5-2-19-14-25(31)30(33)26(32)15-19/h2-5,14-17,20-21,27,35-36H,6-13,18,34H2,1H3/b5-2+. The number of rotatable bonds is 7. The van der Waals surface area contributed by atoms with E-state index in [1.165, 1.54) is 28.6 Å². The first-order chi connectivity index (χ1) is 18.8. The van der Waals surface area contributed by atoms with Crippen LogP contribution in [0.5, 0.6) is 0 Å². The van der Waals surface area contributed by atoms with Gasteiger partial charge in [-0.05, 0) is 98.1 Å². The van der Waals surface area contributed by atoms with Crippen molar-refractivity contribution < 1.29 is 18.0 Å². The molecule has 2 saturated heterocycles. The fourth-order valence-corrected chi connectivity index (χ4v) is 6.00. The summed E-state index contributed by atoms with van der Waals surface area (Å²) >= 11 is 0. The van der Waals surface area contributed by atoms with Crippen molar-refractivity contribution in [3.05, 3.63) is 71.2 Å². The van der Waals surface area contributed by atoms with E-state index in [-0.39, 0.29) is 17.5 Å². The summed E-state index contributed by atoms with van der Waals surface area (Å²) in [6, 6.07) is 8.22. The topological polar surface area (TPSA) is 77.4 Å². The molecule has 0 radical (unpaired) electrons. The van der Waals surface area contributed by atoms with E-state index in [1.807, 2.05) is 7.05 Å². The average molecular weight is 540 g/mol. The normalized spacial score (nSPS) is 18.7. The van der Waals surface area contributed by atoms with Crippen LogP contribution < -0.4 is 11.1 Å². The number of likely N-dealkylation sites (tertiary alicyclic amines) is 2. The maximum Gasteiger partial charge on any atom is 0.246 e. The zero-order valence-corrected chi connectivity index (χ0v) is 22.2. The smallest absolute Gasteiger partial charge is 0.246 e. The predicted molar refractivity (Wildman–Crippen MR) is 149 cm³/mol. The number of carbonyl (C=O) groups excluding carboxylic acids is 1. The summed E-state index contributed by atoms with van der Waals surface area (Å²) in [6.45, 7) is 4.06. The fourth-order valence-electron chi connectivity index (χ4n) is 6.00. The number of anilines is 1. The van der Waals surface area contributed by atoms with Crippen LogP contribution in [0.25, 0.3) is 17.0 Å². The quantitative estimate of drug-likeness (QED) is 0.289. The third kappa shape index (κ3) is 6.15. The summed E-state index contributed by atoms with van der Waals surface area (Å²) < 4.78 is 40.0. The summed E-state index contributed by atoms with van der Waals surface area (Å²) in [5, 5.41) is 4.53. The van der Waals surface area contributed by atoms with Gasteiger partial charge >= 0.3 is 0 Å². The Morgan fingerprint density at radius 2 is 1.77 bits per heavy atom. The van der Waals surface area contributed by atoms with E-state index in [9.17, 15) is 18.0 Å². The number of hydrogen-bond donors (Lipinski definition) is 3. The minimum Gasteiger partial charge on any atom is -0.388 e. The molecular formula is C30H36F3N5O. The first-order valence-corrected chi connectivity index (χ1v) is 13.7. The zero-order valence-electron chi connectivity index (χ0n) is 22.2. The van der Waals surface area contributed by atoms with Crippen molar-refractivity contribution in [2.24, 2.45) is 11.7 Å². The van der Waals surface area contributed by atoms with Gasteiger partial charge in [0.15, 0.2) is 17.5 Å². The lowest BCUT2D eigenvalue weighted by Gasteiger charge is -2.38. The second kappa shape index (κ2) is 11.8. The molecule has 1 amide bonds. The Hall–Kier alpha value is -3.30. The van der Waals surface area contributed by atoms with Crippen LogP contribution in [-0.4, -0.2) is 66.5 Å². The largest absolute Gasteiger partial charge is 0.388 e. The van der Waals surface area contributed by atoms with Gasteiger partial charge in [0.25, 0.3) is 0 Å². The third-order valence-electron chi connectivity index (χ3n) is 8.38. The van der Waals surface area contributed by atoms with E-state index in [2.05, 4.69) is 39.6 Å². The van der Waals surface area contributed by atoms with Crippen molar-refractivity contribution >= 4 is 28.6 Å². The molecule has 1 aromatic heterocycles. The van der Waals surface area contributed by atoms with Crippen LogP contribution in [0, 0.1) is 23.4 Å². The molecule has 2 aromatic carbocycles. The van der Waals surface area contributed by atoms with E-state index in [0.29, 0.717) is 24.9 Å². The van der Waals surface area contributed by atoms with Crippen molar-refractivity contribution in [2.45, 2.75) is 37.6 Å². The Morgan fingerprint density at radius 3 is 2.44 bits per heavy atom. The number of nitrogens with zero attached hydrogens (tertiary/aromatic N) is 2. The highest BCUT2D eigenvalue weighted by Crippen LogP contribution is 2.34. The van der Waals surface area contributed by atoms with Gasteiger partial charge < -0.3 is 25.8 Å². The molecule has 0 saturated carbocycles. The van der Waals surface area contributed by atoms with E-state index >= 15 is 0 Å². The van der Waals surface area contributed by atoms with Gasteiger partial charge in [0.05, 0.1) is 0 Å². The number of piperidine rings is 2. The van der Waals surface area contributed by atoms with Crippen molar-refractivity contribution in [2.75, 3.05) is 45.1 Å². The van der Waals surface area contributed by atoms with Gasteiger partial charge in [-0.2, -0.15) is 0 Å². The number of H-pyrrole nitrogens is 1. The van der Waals surface area contributed by atoms with Gasteiger partial charge in [-0.25, -0.2) is 13.2 Å². The molecule has 3 heterocycles. The predicted octanol–water partition coefficient (Wildman–Crippen LogP) is 5.09. The SMILES string of the molecule is CNc1ccc2[nH]cc(C3CCN(CC(N)C4CCN(C(=O)/C=C/c5cc(F)c(F)c(F)c5)CC4)CC3)c2c1. The van der Waals surface area contributed by atoms with E-state index < -0.39 is 17.5 Å². The minimum atomic E-state index is -1.51. The molecule has 0 aliphatic carbocycles. The number of halogens is 3. The van der Waals surface area contributed by atoms with Crippen LogP contribution >= 0.6 is 0 Å². The Bertz CT molecular complexity index is 1320. The number of nitrogens with one attached hydrogen (secondary N) is 2. The monoisotopic (exact) mass is 539 g/mol. The number of nitrogens with two attached hydrogens (primary N) is 1. The summed E-state index contributed by atoms with van der Waals surface area (Å²) in [4.78, 5) is 20.2. The number of benzene rings is 2. The first-order valence-electron chi connectivity index (χ1n) is 13.7. The maximum absolute atomic E-state index is 13.4. The molecule has 2 aliphatic rings. The second-order valence-electron chi connectivity index (χ2n) is 10.8. The van der Waals surface area contributed by atoms with Crippen molar-refractivity contribution in [3.8, 4) is 0 Å². The summed E-state index contributed by atoms with van der Waals surface area (Å²) in [5.74, 6) is -3.43. The van der Waals surface area contributed by atoms with Crippen molar-refractivity contribution in [1.29, 1.82) is 0 Å². The highest BCUT2D eigenvalue weighted by atomic mass is 19.2. The Morgan fingerprint density at radius 1 is 1.08 bits per heavy atom. The number of aromatic amines is 1. The highest BCUT2D eigenvalue weighted by Gasteiger charge is 2.29. The Labute approximate surface area is 227 Å². The third-order valence-corrected chi connectivity index (χ3v) is 8.38. The first kappa shape index (κ1) is 27.3. The number of hydrogen-bond acceptors (Lipinski definition) is 4. The van der Waals surface area contributed by atoms with Crippen LogP contribution in [0.2, 0.25) is 0 Å². The number of fused-ring (bicyclic) bond motifs is 1. The van der Waals surface area contributed by atoms with Crippen LogP contribution in [-0.2, 0) is 4.79 Å². The van der Waals surface area contributed by atoms with E-state index in [4.69, 9.17) is 5.73 Å². The van der Waals surface area contributed by atoms with Crippen LogP contribution in [0.3, 0.4) is 0 Å².